The summed E-state index contributed by atoms with van der Waals surface area (Å²) in [5, 5.41) is 3.48. The van der Waals surface area contributed by atoms with E-state index in [2.05, 4.69) is 63.7 Å². The van der Waals surface area contributed by atoms with Crippen LogP contribution in [0.1, 0.15) is 5.69 Å². The Morgan fingerprint density at radius 3 is 2.41 bits per heavy atom. The molecule has 1 N–H and O–H groups in total. The predicted molar refractivity (Wildman–Crippen MR) is 90.9 cm³/mol. The lowest BCUT2D eigenvalue weighted by Gasteiger charge is -2.20. The molecule has 2 aromatic carbocycles. The molecule has 106 valence electrons. The van der Waals surface area contributed by atoms with Gasteiger partial charge < -0.3 is 5.32 Å². The first-order valence-corrected chi connectivity index (χ1v) is 7.26. The molecule has 3 nitrogen and oxygen atoms in total. The van der Waals surface area contributed by atoms with Crippen LogP contribution in [0.25, 0.3) is 6.08 Å². The number of aromatic nitrogens is 1. The Kier molecular flexibility index (Phi) is 3.09. The molecule has 1 aliphatic heterocycles. The highest BCUT2D eigenvalue weighted by Crippen LogP contribution is 2.41. The Morgan fingerprint density at radius 1 is 0.818 bits per heavy atom. The topological polar surface area (TPSA) is 28.2 Å². The minimum Gasteiger partial charge on any atom is -0.340 e. The Hall–Kier alpha value is -3.07. The molecule has 3 heteroatoms. The Labute approximate surface area is 129 Å². The van der Waals surface area contributed by atoms with Gasteiger partial charge in [-0.25, -0.2) is 0 Å². The third kappa shape index (κ3) is 2.23. The summed E-state index contributed by atoms with van der Waals surface area (Å²) < 4.78 is 0. The third-order valence-corrected chi connectivity index (χ3v) is 3.64. The lowest BCUT2D eigenvalue weighted by Crippen LogP contribution is -2.14. The van der Waals surface area contributed by atoms with Crippen molar-refractivity contribution in [1.82, 2.24) is 4.98 Å². The number of hydrogen-bond donors (Lipinski definition) is 1. The highest BCUT2D eigenvalue weighted by molar-refractivity contribution is 5.89. The molecular formula is C19H15N3. The molecule has 0 saturated heterocycles. The minimum atomic E-state index is 0.929. The first-order chi connectivity index (χ1) is 10.9. The van der Waals surface area contributed by atoms with Crippen molar-refractivity contribution in [2.75, 3.05) is 10.2 Å². The molecule has 0 amide bonds. The second-order valence-corrected chi connectivity index (χ2v) is 5.10. The van der Waals surface area contributed by atoms with Crippen LogP contribution in [0, 0.1) is 0 Å². The number of para-hydroxylation sites is 3. The predicted octanol–water partition coefficient (Wildman–Crippen LogP) is 4.64. The zero-order valence-corrected chi connectivity index (χ0v) is 12.0. The highest BCUT2D eigenvalue weighted by atomic mass is 15.3. The van der Waals surface area contributed by atoms with E-state index in [0.717, 1.165) is 28.6 Å². The molecule has 2 heterocycles. The second-order valence-electron chi connectivity index (χ2n) is 5.10. The molecular weight excluding hydrogens is 270 g/mol. The molecule has 0 spiro atoms. The summed E-state index contributed by atoms with van der Waals surface area (Å²) in [4.78, 5) is 6.60. The van der Waals surface area contributed by atoms with Crippen LogP contribution in [-0.4, -0.2) is 4.98 Å². The van der Waals surface area contributed by atoms with Gasteiger partial charge in [0.25, 0.3) is 0 Å². The van der Waals surface area contributed by atoms with Gasteiger partial charge in [-0.2, -0.15) is 0 Å². The van der Waals surface area contributed by atoms with E-state index in [4.69, 9.17) is 0 Å². The van der Waals surface area contributed by atoms with E-state index in [1.807, 2.05) is 30.3 Å². The van der Waals surface area contributed by atoms with Gasteiger partial charge in [-0.1, -0.05) is 36.4 Å². The molecule has 3 aromatic rings. The molecule has 22 heavy (non-hydrogen) atoms. The zero-order chi connectivity index (χ0) is 14.8. The maximum absolute atomic E-state index is 4.39. The van der Waals surface area contributed by atoms with Crippen molar-refractivity contribution in [3.63, 3.8) is 0 Å². The summed E-state index contributed by atoms with van der Waals surface area (Å²) in [6.45, 7) is 0. The molecule has 0 radical (unpaired) electrons. The fraction of sp³-hybridized carbons (Fsp3) is 0. The second kappa shape index (κ2) is 5.37. The van der Waals surface area contributed by atoms with Gasteiger partial charge in [-0.15, -0.1) is 0 Å². The fourth-order valence-corrected chi connectivity index (χ4v) is 2.66. The lowest BCUT2D eigenvalue weighted by molar-refractivity contribution is 1.22. The van der Waals surface area contributed by atoms with Crippen LogP contribution in [0.15, 0.2) is 84.8 Å². The number of anilines is 3. The first kappa shape index (κ1) is 12.7. The number of nitrogens with one attached hydrogen (secondary N) is 1. The summed E-state index contributed by atoms with van der Waals surface area (Å²) in [6.07, 6.45) is 3.87. The van der Waals surface area contributed by atoms with E-state index in [0.29, 0.717) is 0 Å². The highest BCUT2D eigenvalue weighted by Gasteiger charge is 2.24. The number of fused-ring (bicyclic) bond motifs is 1. The van der Waals surface area contributed by atoms with Crippen LogP contribution < -0.4 is 10.2 Å². The Morgan fingerprint density at radius 2 is 1.59 bits per heavy atom. The van der Waals surface area contributed by atoms with Gasteiger partial charge in [-0.05, 0) is 36.4 Å². The normalized spacial score (nSPS) is 14.7. The first-order valence-electron chi connectivity index (χ1n) is 7.26. The summed E-state index contributed by atoms with van der Waals surface area (Å²) in [5.74, 6) is 1.01. The van der Waals surface area contributed by atoms with E-state index in [1.54, 1.807) is 6.20 Å². The quantitative estimate of drug-likeness (QED) is 0.743. The molecule has 1 aromatic heterocycles. The molecule has 0 atom stereocenters. The molecule has 4 rings (SSSR count). The van der Waals surface area contributed by atoms with E-state index in [1.165, 1.54) is 0 Å². The summed E-state index contributed by atoms with van der Waals surface area (Å²) >= 11 is 0. The SMILES string of the molecule is C(=C1/Nc2ccccc2N1c1ccccc1)/c1ccccn1. The molecule has 0 saturated carbocycles. The molecule has 1 aliphatic rings. The molecule has 0 fully saturated rings. The monoisotopic (exact) mass is 285 g/mol. The van der Waals surface area contributed by atoms with Crippen LogP contribution >= 0.6 is 0 Å². The van der Waals surface area contributed by atoms with E-state index >= 15 is 0 Å². The summed E-state index contributed by atoms with van der Waals surface area (Å²) in [6, 6.07) is 24.6. The zero-order valence-electron chi connectivity index (χ0n) is 12.0. The number of rotatable bonds is 2. The van der Waals surface area contributed by atoms with Crippen molar-refractivity contribution >= 4 is 23.1 Å². The standard InChI is InChI=1S/C19H15N3/c1-2-9-16(10-3-1)22-18-12-5-4-11-17(18)21-19(22)14-15-8-6-7-13-20-15/h1-14,21H/b19-14+. The largest absolute Gasteiger partial charge is 0.340 e. The van der Waals surface area contributed by atoms with Crippen molar-refractivity contribution in [2.45, 2.75) is 0 Å². The average Bonchev–Trinajstić information content (AvgIpc) is 2.94. The van der Waals surface area contributed by atoms with Crippen LogP contribution in [0.3, 0.4) is 0 Å². The van der Waals surface area contributed by atoms with E-state index in [9.17, 15) is 0 Å². The smallest absolute Gasteiger partial charge is 0.117 e. The van der Waals surface area contributed by atoms with Crippen molar-refractivity contribution in [3.8, 4) is 0 Å². The van der Waals surface area contributed by atoms with Gasteiger partial charge in [0, 0.05) is 18.0 Å². The van der Waals surface area contributed by atoms with E-state index < -0.39 is 0 Å². The average molecular weight is 285 g/mol. The van der Waals surface area contributed by atoms with Gasteiger partial charge in [0.05, 0.1) is 17.1 Å². The van der Waals surface area contributed by atoms with Gasteiger partial charge in [-0.3, -0.25) is 9.88 Å². The maximum atomic E-state index is 4.39. The van der Waals surface area contributed by atoms with Gasteiger partial charge >= 0.3 is 0 Å². The van der Waals surface area contributed by atoms with E-state index in [-0.39, 0.29) is 0 Å². The Bertz CT molecular complexity index is 810. The lowest BCUT2D eigenvalue weighted by atomic mass is 10.2. The number of hydrogen-bond acceptors (Lipinski definition) is 3. The van der Waals surface area contributed by atoms with Crippen molar-refractivity contribution in [3.05, 3.63) is 90.5 Å². The summed E-state index contributed by atoms with van der Waals surface area (Å²) in [5.41, 5.74) is 4.31. The number of benzene rings is 2. The number of pyridine rings is 1. The minimum absolute atomic E-state index is 0.929. The van der Waals surface area contributed by atoms with Crippen molar-refractivity contribution < 1.29 is 0 Å². The van der Waals surface area contributed by atoms with Crippen molar-refractivity contribution in [2.24, 2.45) is 0 Å². The Balaban J connectivity index is 1.84. The number of nitrogens with zero attached hydrogens (tertiary/aromatic N) is 2. The van der Waals surface area contributed by atoms with Gasteiger partial charge in [0.1, 0.15) is 5.82 Å². The van der Waals surface area contributed by atoms with Crippen LogP contribution in [0.4, 0.5) is 17.1 Å². The van der Waals surface area contributed by atoms with Crippen molar-refractivity contribution in [1.29, 1.82) is 0 Å². The van der Waals surface area contributed by atoms with Crippen LogP contribution in [0.5, 0.6) is 0 Å². The maximum Gasteiger partial charge on any atom is 0.117 e. The van der Waals surface area contributed by atoms with Crippen LogP contribution in [0.2, 0.25) is 0 Å². The molecule has 0 unspecified atom stereocenters. The molecule has 0 bridgehead atoms. The third-order valence-electron chi connectivity index (χ3n) is 3.64. The van der Waals surface area contributed by atoms with Gasteiger partial charge in [0.15, 0.2) is 0 Å². The molecule has 0 aliphatic carbocycles. The fourth-order valence-electron chi connectivity index (χ4n) is 2.66. The van der Waals surface area contributed by atoms with Crippen LogP contribution in [-0.2, 0) is 0 Å². The summed E-state index contributed by atoms with van der Waals surface area (Å²) in [7, 11) is 0. The van der Waals surface area contributed by atoms with Gasteiger partial charge in [0.2, 0.25) is 0 Å².